The molecule has 0 aromatic heterocycles. The fourth-order valence-electron chi connectivity index (χ4n) is 5.47. The maximum atomic E-state index is 10.6. The van der Waals surface area contributed by atoms with Crippen LogP contribution in [-0.2, 0) is 6.42 Å². The summed E-state index contributed by atoms with van der Waals surface area (Å²) in [5.41, 5.74) is 3.33. The molecule has 0 aliphatic heterocycles. The summed E-state index contributed by atoms with van der Waals surface area (Å²) in [5.74, 6) is 2.21. The zero-order valence-electron chi connectivity index (χ0n) is 12.1. The van der Waals surface area contributed by atoms with Crippen LogP contribution in [0.25, 0.3) is 0 Å². The van der Waals surface area contributed by atoms with Crippen molar-refractivity contribution in [3.8, 4) is 0 Å². The quantitative estimate of drug-likeness (QED) is 0.702. The molecule has 0 spiro atoms. The number of halogens is 1. The maximum absolute atomic E-state index is 10.6. The van der Waals surface area contributed by atoms with E-state index in [2.05, 4.69) is 47.1 Å². The molecule has 3 aliphatic carbocycles. The third-order valence-corrected chi connectivity index (χ3v) is 7.45. The summed E-state index contributed by atoms with van der Waals surface area (Å²) < 4.78 is 0. The van der Waals surface area contributed by atoms with Gasteiger partial charge in [-0.1, -0.05) is 47.1 Å². The predicted molar refractivity (Wildman–Crippen MR) is 85.2 cm³/mol. The van der Waals surface area contributed by atoms with Crippen molar-refractivity contribution < 1.29 is 5.11 Å². The average Bonchev–Trinajstić information content (AvgIpc) is 2.71. The van der Waals surface area contributed by atoms with Crippen molar-refractivity contribution in [2.24, 2.45) is 17.3 Å². The van der Waals surface area contributed by atoms with Crippen molar-refractivity contribution in [1.29, 1.82) is 0 Å². The Morgan fingerprint density at radius 3 is 2.90 bits per heavy atom. The lowest BCUT2D eigenvalue weighted by atomic mass is 9.55. The number of hydrogen-bond acceptors (Lipinski definition) is 1. The predicted octanol–water partition coefficient (Wildman–Crippen LogP) is 4.28. The van der Waals surface area contributed by atoms with E-state index in [0.717, 1.165) is 18.3 Å². The van der Waals surface area contributed by atoms with E-state index >= 15 is 0 Å². The second kappa shape index (κ2) is 4.58. The molecule has 6 atom stereocenters. The molecule has 2 fully saturated rings. The first-order valence-corrected chi connectivity index (χ1v) is 8.93. The van der Waals surface area contributed by atoms with Gasteiger partial charge in [0.15, 0.2) is 0 Å². The Morgan fingerprint density at radius 2 is 2.05 bits per heavy atom. The number of aliphatic hydroxyl groups is 1. The van der Waals surface area contributed by atoms with Crippen LogP contribution in [-0.4, -0.2) is 16.0 Å². The summed E-state index contributed by atoms with van der Waals surface area (Å²) in [6, 6.07) is 9.05. The van der Waals surface area contributed by atoms with Gasteiger partial charge >= 0.3 is 0 Å². The van der Waals surface area contributed by atoms with Crippen molar-refractivity contribution in [3.63, 3.8) is 0 Å². The molecule has 0 radical (unpaired) electrons. The fourth-order valence-corrected chi connectivity index (χ4v) is 6.47. The van der Waals surface area contributed by atoms with Crippen LogP contribution < -0.4 is 0 Å². The Hall–Kier alpha value is -0.340. The summed E-state index contributed by atoms with van der Waals surface area (Å²) in [6.07, 6.45) is 5.97. The highest BCUT2D eigenvalue weighted by molar-refractivity contribution is 9.09. The Kier molecular flexibility index (Phi) is 3.05. The van der Waals surface area contributed by atoms with Gasteiger partial charge in [-0.15, -0.1) is 0 Å². The van der Waals surface area contributed by atoms with Crippen molar-refractivity contribution in [2.45, 2.75) is 55.9 Å². The molecule has 2 saturated carbocycles. The normalized spacial score (nSPS) is 46.5. The highest BCUT2D eigenvalue weighted by Gasteiger charge is 2.57. The van der Waals surface area contributed by atoms with Crippen molar-refractivity contribution in [2.75, 3.05) is 0 Å². The molecule has 3 aliphatic rings. The first-order chi connectivity index (χ1) is 9.61. The first-order valence-electron chi connectivity index (χ1n) is 8.01. The number of alkyl halides is 1. The summed E-state index contributed by atoms with van der Waals surface area (Å²) >= 11 is 3.73. The van der Waals surface area contributed by atoms with Gasteiger partial charge in [-0.2, -0.15) is 0 Å². The van der Waals surface area contributed by atoms with Gasteiger partial charge in [0.25, 0.3) is 0 Å². The molecule has 0 unspecified atom stereocenters. The van der Waals surface area contributed by atoms with E-state index in [1.165, 1.54) is 25.7 Å². The van der Waals surface area contributed by atoms with E-state index in [-0.39, 0.29) is 11.5 Å². The lowest BCUT2D eigenvalue weighted by Crippen LogP contribution is -2.44. The van der Waals surface area contributed by atoms with Crippen molar-refractivity contribution >= 4 is 15.9 Å². The molecule has 1 aromatic rings. The highest BCUT2D eigenvalue weighted by atomic mass is 79.9. The Balaban J connectivity index is 1.72. The topological polar surface area (TPSA) is 20.2 Å². The van der Waals surface area contributed by atoms with E-state index in [0.29, 0.717) is 10.7 Å². The van der Waals surface area contributed by atoms with Gasteiger partial charge in [0.05, 0.1) is 6.10 Å². The first kappa shape index (κ1) is 13.3. The van der Waals surface area contributed by atoms with Gasteiger partial charge in [-0.3, -0.25) is 0 Å². The molecular formula is C18H23BrO. The molecule has 0 amide bonds. The van der Waals surface area contributed by atoms with E-state index in [1.807, 2.05) is 0 Å². The van der Waals surface area contributed by atoms with E-state index in [4.69, 9.17) is 0 Å². The van der Waals surface area contributed by atoms with Crippen molar-refractivity contribution in [1.82, 2.24) is 0 Å². The van der Waals surface area contributed by atoms with Gasteiger partial charge in [0.1, 0.15) is 0 Å². The zero-order valence-corrected chi connectivity index (χ0v) is 13.6. The monoisotopic (exact) mass is 334 g/mol. The van der Waals surface area contributed by atoms with E-state index in [9.17, 15) is 5.11 Å². The lowest BCUT2D eigenvalue weighted by molar-refractivity contribution is -0.0212. The second-order valence-corrected chi connectivity index (χ2v) is 8.53. The molecule has 0 saturated heterocycles. The van der Waals surface area contributed by atoms with Crippen LogP contribution in [0.5, 0.6) is 0 Å². The molecular weight excluding hydrogens is 312 g/mol. The molecule has 20 heavy (non-hydrogen) atoms. The number of rotatable bonds is 0. The Morgan fingerprint density at radius 1 is 1.25 bits per heavy atom. The standard InChI is InChI=1S/C18H23BrO/c1-18-9-8-13-12-5-3-2-4-11(12)6-7-14(13)15(18)10-16(19)17(18)20/h2-5,13-17,20H,6-10H2,1H3/t13-,14-,15+,16-,17+,18+/m1/s1. The van der Waals surface area contributed by atoms with E-state index < -0.39 is 0 Å². The maximum Gasteiger partial charge on any atom is 0.0721 e. The van der Waals surface area contributed by atoms with Gasteiger partial charge in [0.2, 0.25) is 0 Å². The van der Waals surface area contributed by atoms with Gasteiger partial charge in [-0.25, -0.2) is 0 Å². The third-order valence-electron chi connectivity index (χ3n) is 6.57. The minimum atomic E-state index is -0.161. The number of aliphatic hydroxyl groups excluding tert-OH is 1. The highest BCUT2D eigenvalue weighted by Crippen LogP contribution is 2.61. The SMILES string of the molecule is C[C@]12CC[C@@H]3c4ccccc4CC[C@H]3[C@@H]1C[C@@H](Br)[C@@H]2O. The van der Waals surface area contributed by atoms with Crippen LogP contribution in [0.2, 0.25) is 0 Å². The van der Waals surface area contributed by atoms with Gasteiger partial charge in [-0.05, 0) is 66.4 Å². The van der Waals surface area contributed by atoms with Gasteiger partial charge in [0, 0.05) is 4.83 Å². The minimum Gasteiger partial charge on any atom is -0.391 e. The largest absolute Gasteiger partial charge is 0.391 e. The molecule has 0 bridgehead atoms. The number of hydrogen-bond donors (Lipinski definition) is 1. The van der Waals surface area contributed by atoms with Crippen LogP contribution in [0.15, 0.2) is 24.3 Å². The van der Waals surface area contributed by atoms with Crippen LogP contribution in [0.4, 0.5) is 0 Å². The summed E-state index contributed by atoms with van der Waals surface area (Å²) in [6.45, 7) is 2.33. The fraction of sp³-hybridized carbons (Fsp3) is 0.667. The van der Waals surface area contributed by atoms with Crippen LogP contribution in [0.3, 0.4) is 0 Å². The molecule has 1 aromatic carbocycles. The van der Waals surface area contributed by atoms with Gasteiger partial charge < -0.3 is 5.11 Å². The number of benzene rings is 1. The zero-order chi connectivity index (χ0) is 13.9. The molecule has 1 N–H and O–H groups in total. The van der Waals surface area contributed by atoms with Crippen LogP contribution in [0, 0.1) is 17.3 Å². The molecule has 0 heterocycles. The minimum absolute atomic E-state index is 0.140. The summed E-state index contributed by atoms with van der Waals surface area (Å²) in [4.78, 5) is 0.299. The molecule has 4 rings (SSSR count). The third kappa shape index (κ3) is 1.70. The number of fused-ring (bicyclic) bond motifs is 5. The number of aryl methyl sites for hydroxylation is 1. The van der Waals surface area contributed by atoms with Crippen molar-refractivity contribution in [3.05, 3.63) is 35.4 Å². The average molecular weight is 335 g/mol. The Labute approximate surface area is 129 Å². The second-order valence-electron chi connectivity index (χ2n) is 7.36. The summed E-state index contributed by atoms with van der Waals surface area (Å²) in [5, 5.41) is 10.6. The Bertz CT molecular complexity index is 528. The molecule has 108 valence electrons. The summed E-state index contributed by atoms with van der Waals surface area (Å²) in [7, 11) is 0. The van der Waals surface area contributed by atoms with E-state index in [1.54, 1.807) is 11.1 Å². The molecule has 1 nitrogen and oxygen atoms in total. The smallest absolute Gasteiger partial charge is 0.0721 e. The lowest BCUT2D eigenvalue weighted by Gasteiger charge is -2.50. The molecule has 2 heteroatoms. The van der Waals surface area contributed by atoms with Crippen LogP contribution in [0.1, 0.15) is 49.7 Å². The van der Waals surface area contributed by atoms with Crippen LogP contribution >= 0.6 is 15.9 Å².